The van der Waals surface area contributed by atoms with Gasteiger partial charge in [0.2, 0.25) is 0 Å². The average Bonchev–Trinajstić information content (AvgIpc) is 3.51. The fourth-order valence-corrected chi connectivity index (χ4v) is 6.12. The van der Waals surface area contributed by atoms with Gasteiger partial charge in [-0.15, -0.1) is 35.1 Å². The number of carbonyl (C=O) groups excluding carboxylic acids is 1. The second kappa shape index (κ2) is 9.77. The molecule has 3 heterocycles. The molecule has 1 saturated heterocycles. The maximum Gasteiger partial charge on any atom is 0.168 e. The van der Waals surface area contributed by atoms with Gasteiger partial charge in [-0.25, -0.2) is 0 Å². The third-order valence-corrected chi connectivity index (χ3v) is 8.37. The molecule has 2 N–H and O–H groups in total. The normalized spacial score (nSPS) is 24.0. The van der Waals surface area contributed by atoms with Crippen LogP contribution in [0.25, 0.3) is 0 Å². The highest BCUT2D eigenvalue weighted by molar-refractivity contribution is 7.10. The van der Waals surface area contributed by atoms with Crippen LogP contribution in [0.5, 0.6) is 0 Å². The summed E-state index contributed by atoms with van der Waals surface area (Å²) in [5, 5.41) is 24.8. The predicted octanol–water partition coefficient (Wildman–Crippen LogP) is 4.75. The lowest BCUT2D eigenvalue weighted by Gasteiger charge is -2.40. The van der Waals surface area contributed by atoms with Crippen molar-refractivity contribution in [1.29, 1.82) is 0 Å². The number of halogens is 1. The fraction of sp³-hybridized carbons (Fsp3) is 0.591. The second-order valence-electron chi connectivity index (χ2n) is 8.16. The summed E-state index contributed by atoms with van der Waals surface area (Å²) in [6, 6.07) is 7.89. The molecule has 0 bridgehead atoms. The third kappa shape index (κ3) is 5.15. The predicted molar refractivity (Wildman–Crippen MR) is 120 cm³/mol. The maximum absolute atomic E-state index is 11.0. The van der Waals surface area contributed by atoms with Gasteiger partial charge in [-0.2, -0.15) is 0 Å². The Kier molecular flexibility index (Phi) is 7.77. The Morgan fingerprint density at radius 1 is 0.767 bits per heavy atom. The molecule has 3 aliphatic rings. The minimum absolute atomic E-state index is 0. The van der Waals surface area contributed by atoms with Crippen LogP contribution in [-0.2, 0) is 25.5 Å². The van der Waals surface area contributed by atoms with Crippen molar-refractivity contribution in [3.8, 4) is 0 Å². The minimum atomic E-state index is -0.720. The summed E-state index contributed by atoms with van der Waals surface area (Å²) >= 11 is 3.20. The lowest BCUT2D eigenvalue weighted by Crippen LogP contribution is -2.41. The van der Waals surface area contributed by atoms with Crippen LogP contribution in [0.1, 0.15) is 61.1 Å². The molecule has 1 spiro atoms. The Bertz CT molecular complexity index is 780. The van der Waals surface area contributed by atoms with E-state index in [0.29, 0.717) is 38.9 Å². The van der Waals surface area contributed by atoms with E-state index in [4.69, 9.17) is 9.47 Å². The SMILES string of the molecule is Cl.O=C1CCC(O)(c2cccs2)CC1.OC1(c2cccs2)CCC2(CC1)OCCO2. The molecule has 0 aromatic carbocycles. The van der Waals surface area contributed by atoms with E-state index < -0.39 is 11.2 Å². The smallest absolute Gasteiger partial charge is 0.168 e. The van der Waals surface area contributed by atoms with Crippen LogP contribution in [0, 0.1) is 0 Å². The molecule has 5 nitrogen and oxygen atoms in total. The Hall–Kier alpha value is -0.800. The van der Waals surface area contributed by atoms with E-state index in [1.54, 1.807) is 22.7 Å². The molecule has 0 amide bonds. The van der Waals surface area contributed by atoms with Crippen molar-refractivity contribution in [2.75, 3.05) is 13.2 Å². The van der Waals surface area contributed by atoms with Crippen LogP contribution in [-0.4, -0.2) is 35.0 Å². The van der Waals surface area contributed by atoms with Crippen molar-refractivity contribution >= 4 is 40.9 Å². The molecule has 3 fully saturated rings. The van der Waals surface area contributed by atoms with Gasteiger partial charge in [0.15, 0.2) is 5.79 Å². The quantitative estimate of drug-likeness (QED) is 0.659. The second-order valence-corrected chi connectivity index (χ2v) is 10.1. The molecule has 1 aliphatic heterocycles. The molecule has 2 saturated carbocycles. The van der Waals surface area contributed by atoms with E-state index in [-0.39, 0.29) is 24.0 Å². The molecule has 30 heavy (non-hydrogen) atoms. The average molecular weight is 473 g/mol. The Morgan fingerprint density at radius 3 is 1.67 bits per heavy atom. The first-order chi connectivity index (χ1) is 13.9. The van der Waals surface area contributed by atoms with E-state index in [1.807, 2.05) is 35.0 Å². The molecule has 0 radical (unpaired) electrons. The van der Waals surface area contributed by atoms with Crippen molar-refractivity contribution in [3.05, 3.63) is 44.8 Å². The molecule has 8 heteroatoms. The number of rotatable bonds is 2. The lowest BCUT2D eigenvalue weighted by molar-refractivity contribution is -0.203. The zero-order valence-corrected chi connectivity index (χ0v) is 19.3. The minimum Gasteiger partial charge on any atom is -0.384 e. The van der Waals surface area contributed by atoms with E-state index in [9.17, 15) is 15.0 Å². The molecular formula is C22H29ClO5S2. The number of ether oxygens (including phenoxy) is 2. The highest BCUT2D eigenvalue weighted by Gasteiger charge is 2.46. The van der Waals surface area contributed by atoms with E-state index in [0.717, 1.165) is 35.4 Å². The zero-order valence-electron chi connectivity index (χ0n) is 16.9. The Labute approximate surface area is 191 Å². The van der Waals surface area contributed by atoms with E-state index in [1.165, 1.54) is 0 Å². The first-order valence-electron chi connectivity index (χ1n) is 10.3. The summed E-state index contributed by atoms with van der Waals surface area (Å²) in [7, 11) is 0. The highest BCUT2D eigenvalue weighted by Crippen LogP contribution is 2.45. The van der Waals surface area contributed by atoms with Gasteiger partial charge in [0, 0.05) is 35.4 Å². The molecule has 2 aliphatic carbocycles. The van der Waals surface area contributed by atoms with Gasteiger partial charge in [-0.05, 0) is 48.6 Å². The van der Waals surface area contributed by atoms with E-state index in [2.05, 4.69) is 0 Å². The topological polar surface area (TPSA) is 76.0 Å². The molecular weight excluding hydrogens is 444 g/mol. The lowest BCUT2D eigenvalue weighted by atomic mass is 9.80. The van der Waals surface area contributed by atoms with Crippen LogP contribution < -0.4 is 0 Å². The standard InChI is InChI=1S/C12H16O3S.C10H12O2S.ClH/c13-11(10-2-1-9-16-10)3-5-12(6-4-11)14-7-8-15-12;11-8-3-5-10(12,6-4-8)9-2-1-7-13-9;/h1-2,9,13H,3-8H2;1-2,7,12H,3-6H2;1H. The van der Waals surface area contributed by atoms with Crippen LogP contribution in [0.3, 0.4) is 0 Å². The number of hydrogen-bond donors (Lipinski definition) is 2. The summed E-state index contributed by atoms with van der Waals surface area (Å²) in [6.45, 7) is 1.38. The first kappa shape index (κ1) is 23.9. The van der Waals surface area contributed by atoms with Gasteiger partial charge in [0.25, 0.3) is 0 Å². The van der Waals surface area contributed by atoms with Crippen LogP contribution in [0.4, 0.5) is 0 Å². The summed E-state index contributed by atoms with van der Waals surface area (Å²) in [6.07, 6.45) is 5.27. The van der Waals surface area contributed by atoms with Crippen molar-refractivity contribution in [1.82, 2.24) is 0 Å². The number of carbonyl (C=O) groups is 1. The number of thiophene rings is 2. The van der Waals surface area contributed by atoms with Crippen molar-refractivity contribution in [2.24, 2.45) is 0 Å². The number of hydrogen-bond acceptors (Lipinski definition) is 7. The van der Waals surface area contributed by atoms with E-state index >= 15 is 0 Å². The largest absolute Gasteiger partial charge is 0.384 e. The molecule has 166 valence electrons. The summed E-state index contributed by atoms with van der Waals surface area (Å²) in [5.74, 6) is -0.107. The monoisotopic (exact) mass is 472 g/mol. The molecule has 5 rings (SSSR count). The third-order valence-electron chi connectivity index (χ3n) is 6.25. The van der Waals surface area contributed by atoms with Crippen molar-refractivity contribution in [2.45, 2.75) is 68.4 Å². The summed E-state index contributed by atoms with van der Waals surface area (Å²) in [5.41, 5.74) is -1.38. The van der Waals surface area contributed by atoms with Gasteiger partial charge >= 0.3 is 0 Å². The van der Waals surface area contributed by atoms with Crippen molar-refractivity contribution in [3.63, 3.8) is 0 Å². The number of Topliss-reactive ketones (excluding diaryl/α,β-unsaturated/α-hetero) is 1. The Balaban J connectivity index is 0.000000169. The maximum atomic E-state index is 11.0. The van der Waals surface area contributed by atoms with Gasteiger partial charge in [-0.1, -0.05) is 12.1 Å². The fourth-order valence-electron chi connectivity index (χ4n) is 4.35. The molecule has 2 aromatic rings. The van der Waals surface area contributed by atoms with Gasteiger partial charge in [-0.3, -0.25) is 4.79 Å². The zero-order chi connectivity index (χ0) is 20.4. The number of ketones is 1. The van der Waals surface area contributed by atoms with Crippen LogP contribution in [0.2, 0.25) is 0 Å². The molecule has 0 atom stereocenters. The van der Waals surface area contributed by atoms with Crippen LogP contribution in [0.15, 0.2) is 35.0 Å². The Morgan fingerprint density at radius 2 is 1.23 bits per heavy atom. The van der Waals surface area contributed by atoms with Gasteiger partial charge < -0.3 is 19.7 Å². The molecule has 0 unspecified atom stereocenters. The number of aliphatic hydroxyl groups is 2. The van der Waals surface area contributed by atoms with Gasteiger partial charge in [0.1, 0.15) is 5.78 Å². The highest BCUT2D eigenvalue weighted by atomic mass is 35.5. The van der Waals surface area contributed by atoms with Crippen molar-refractivity contribution < 1.29 is 24.5 Å². The van der Waals surface area contributed by atoms with Gasteiger partial charge in [0.05, 0.1) is 24.4 Å². The molecule has 2 aromatic heterocycles. The van der Waals surface area contributed by atoms with Crippen LogP contribution >= 0.6 is 35.1 Å². The summed E-state index contributed by atoms with van der Waals surface area (Å²) in [4.78, 5) is 13.1. The first-order valence-corrected chi connectivity index (χ1v) is 12.0. The summed E-state index contributed by atoms with van der Waals surface area (Å²) < 4.78 is 11.3.